The van der Waals surface area contributed by atoms with Gasteiger partial charge < -0.3 is 15.3 Å². The number of carboxylic acid groups (broad SMARTS) is 1. The molecule has 2 aliphatic rings. The maximum absolute atomic E-state index is 12.3. The molecule has 2 heterocycles. The third kappa shape index (κ3) is 2.36. The normalized spacial score (nSPS) is 31.8. The predicted molar refractivity (Wildman–Crippen MR) is 67.2 cm³/mol. The van der Waals surface area contributed by atoms with Crippen molar-refractivity contribution in [2.45, 2.75) is 32.6 Å². The summed E-state index contributed by atoms with van der Waals surface area (Å²) in [5.74, 6) is -0.556. The van der Waals surface area contributed by atoms with E-state index in [1.54, 1.807) is 4.90 Å². The fraction of sp³-hybridized carbons (Fsp3) is 0.846. The van der Waals surface area contributed by atoms with Crippen molar-refractivity contribution in [3.63, 3.8) is 0 Å². The summed E-state index contributed by atoms with van der Waals surface area (Å²) >= 11 is 0. The van der Waals surface area contributed by atoms with E-state index >= 15 is 0 Å². The van der Waals surface area contributed by atoms with E-state index < -0.39 is 11.4 Å². The van der Waals surface area contributed by atoms with E-state index in [9.17, 15) is 14.7 Å². The lowest BCUT2D eigenvalue weighted by molar-refractivity contribution is -0.149. The van der Waals surface area contributed by atoms with Gasteiger partial charge in [0.05, 0.1) is 11.3 Å². The molecule has 2 fully saturated rings. The third-order valence-electron chi connectivity index (χ3n) is 4.26. The Labute approximate surface area is 108 Å². The maximum Gasteiger partial charge on any atom is 0.311 e. The minimum absolute atomic E-state index is 0.0521. The lowest BCUT2D eigenvalue weighted by Crippen LogP contribution is -2.39. The first-order valence-electron chi connectivity index (χ1n) is 6.82. The summed E-state index contributed by atoms with van der Waals surface area (Å²) in [4.78, 5) is 25.5. The molecule has 102 valence electrons. The average molecular weight is 254 g/mol. The SMILES string of the molecule is CCCC1(C(=O)O)CCN(C(=O)C2CCNC2)C1. The number of aliphatic carboxylic acids is 1. The second-order valence-electron chi connectivity index (χ2n) is 5.53. The van der Waals surface area contributed by atoms with E-state index in [1.807, 2.05) is 6.92 Å². The van der Waals surface area contributed by atoms with Crippen LogP contribution in [0.15, 0.2) is 0 Å². The minimum Gasteiger partial charge on any atom is -0.481 e. The van der Waals surface area contributed by atoms with Crippen molar-refractivity contribution in [2.24, 2.45) is 11.3 Å². The Bertz CT molecular complexity index is 339. The van der Waals surface area contributed by atoms with Crippen molar-refractivity contribution in [3.8, 4) is 0 Å². The summed E-state index contributed by atoms with van der Waals surface area (Å²) in [5.41, 5.74) is -0.698. The van der Waals surface area contributed by atoms with Crippen LogP contribution >= 0.6 is 0 Å². The van der Waals surface area contributed by atoms with Crippen molar-refractivity contribution in [1.82, 2.24) is 10.2 Å². The molecule has 2 saturated heterocycles. The van der Waals surface area contributed by atoms with Crippen molar-refractivity contribution in [1.29, 1.82) is 0 Å². The summed E-state index contributed by atoms with van der Waals surface area (Å²) < 4.78 is 0. The number of hydrogen-bond donors (Lipinski definition) is 2. The molecular weight excluding hydrogens is 232 g/mol. The van der Waals surface area contributed by atoms with Crippen LogP contribution in [0.1, 0.15) is 32.6 Å². The lowest BCUT2D eigenvalue weighted by atomic mass is 9.83. The van der Waals surface area contributed by atoms with Crippen LogP contribution in [-0.4, -0.2) is 48.1 Å². The highest BCUT2D eigenvalue weighted by Gasteiger charge is 2.46. The Hall–Kier alpha value is -1.10. The summed E-state index contributed by atoms with van der Waals surface area (Å²) in [7, 11) is 0. The molecule has 5 nitrogen and oxygen atoms in total. The van der Waals surface area contributed by atoms with E-state index in [-0.39, 0.29) is 11.8 Å². The zero-order chi connectivity index (χ0) is 13.2. The zero-order valence-corrected chi connectivity index (χ0v) is 10.9. The largest absolute Gasteiger partial charge is 0.481 e. The third-order valence-corrected chi connectivity index (χ3v) is 4.26. The number of nitrogens with one attached hydrogen (secondary N) is 1. The summed E-state index contributed by atoms with van der Waals surface area (Å²) in [6.45, 7) is 4.62. The summed E-state index contributed by atoms with van der Waals surface area (Å²) in [5, 5.41) is 12.6. The van der Waals surface area contributed by atoms with E-state index in [2.05, 4.69) is 5.32 Å². The first-order chi connectivity index (χ1) is 8.59. The molecule has 0 radical (unpaired) electrons. The van der Waals surface area contributed by atoms with Gasteiger partial charge in [-0.1, -0.05) is 13.3 Å². The van der Waals surface area contributed by atoms with Crippen LogP contribution < -0.4 is 5.32 Å². The zero-order valence-electron chi connectivity index (χ0n) is 10.9. The Morgan fingerprint density at radius 3 is 2.83 bits per heavy atom. The Morgan fingerprint density at radius 1 is 1.50 bits per heavy atom. The number of carbonyl (C=O) groups excluding carboxylic acids is 1. The van der Waals surface area contributed by atoms with Crippen molar-refractivity contribution < 1.29 is 14.7 Å². The fourth-order valence-electron chi connectivity index (χ4n) is 3.15. The maximum atomic E-state index is 12.3. The molecule has 2 rings (SSSR count). The van der Waals surface area contributed by atoms with E-state index in [4.69, 9.17) is 0 Å². The Morgan fingerprint density at radius 2 is 2.28 bits per heavy atom. The van der Waals surface area contributed by atoms with Gasteiger partial charge >= 0.3 is 5.97 Å². The fourth-order valence-corrected chi connectivity index (χ4v) is 3.15. The molecule has 2 N–H and O–H groups in total. The first kappa shape index (κ1) is 13.3. The number of carboxylic acids is 1. The minimum atomic E-state index is -0.746. The molecule has 2 atom stereocenters. The Balaban J connectivity index is 2.01. The van der Waals surface area contributed by atoms with Crippen LogP contribution in [0.25, 0.3) is 0 Å². The number of rotatable bonds is 4. The second kappa shape index (κ2) is 5.26. The van der Waals surface area contributed by atoms with Gasteiger partial charge in [-0.25, -0.2) is 0 Å². The van der Waals surface area contributed by atoms with Crippen LogP contribution in [0.5, 0.6) is 0 Å². The van der Waals surface area contributed by atoms with Gasteiger partial charge in [-0.05, 0) is 25.8 Å². The molecule has 0 aromatic heterocycles. The van der Waals surface area contributed by atoms with Gasteiger partial charge in [-0.15, -0.1) is 0 Å². The van der Waals surface area contributed by atoms with Crippen molar-refractivity contribution in [3.05, 3.63) is 0 Å². The van der Waals surface area contributed by atoms with Gasteiger partial charge in [0.25, 0.3) is 0 Å². The number of nitrogens with zero attached hydrogens (tertiary/aromatic N) is 1. The topological polar surface area (TPSA) is 69.6 Å². The van der Waals surface area contributed by atoms with Crippen molar-refractivity contribution in [2.75, 3.05) is 26.2 Å². The van der Waals surface area contributed by atoms with Crippen LogP contribution in [0, 0.1) is 11.3 Å². The molecule has 5 heteroatoms. The van der Waals surface area contributed by atoms with Crippen LogP contribution in [0.2, 0.25) is 0 Å². The van der Waals surface area contributed by atoms with Gasteiger partial charge in [-0.2, -0.15) is 0 Å². The molecule has 1 amide bonds. The van der Waals surface area contributed by atoms with E-state index in [1.165, 1.54) is 0 Å². The van der Waals surface area contributed by atoms with Gasteiger partial charge in [0.15, 0.2) is 0 Å². The molecule has 18 heavy (non-hydrogen) atoms. The monoisotopic (exact) mass is 254 g/mol. The molecule has 2 aliphatic heterocycles. The lowest BCUT2D eigenvalue weighted by Gasteiger charge is -2.25. The van der Waals surface area contributed by atoms with Crippen molar-refractivity contribution >= 4 is 11.9 Å². The number of hydrogen-bond acceptors (Lipinski definition) is 3. The molecule has 0 saturated carbocycles. The first-order valence-corrected chi connectivity index (χ1v) is 6.82. The quantitative estimate of drug-likeness (QED) is 0.775. The molecule has 0 aromatic rings. The standard InChI is InChI=1S/C13H22N2O3/c1-2-4-13(12(17)18)5-7-15(9-13)11(16)10-3-6-14-8-10/h10,14H,2-9H2,1H3,(H,17,18). The highest BCUT2D eigenvalue weighted by molar-refractivity contribution is 5.82. The summed E-state index contributed by atoms with van der Waals surface area (Å²) in [6.07, 6.45) is 2.99. The van der Waals surface area contributed by atoms with Gasteiger partial charge in [0.1, 0.15) is 0 Å². The molecule has 0 aromatic carbocycles. The number of amides is 1. The van der Waals surface area contributed by atoms with Crippen LogP contribution in [0.3, 0.4) is 0 Å². The molecular formula is C13H22N2O3. The predicted octanol–water partition coefficient (Wildman–Crippen LogP) is 0.699. The van der Waals surface area contributed by atoms with Gasteiger partial charge in [0, 0.05) is 19.6 Å². The Kier molecular flexibility index (Phi) is 3.90. The highest BCUT2D eigenvalue weighted by atomic mass is 16.4. The second-order valence-corrected chi connectivity index (χ2v) is 5.53. The van der Waals surface area contributed by atoms with Crippen LogP contribution in [0.4, 0.5) is 0 Å². The smallest absolute Gasteiger partial charge is 0.311 e. The van der Waals surface area contributed by atoms with E-state index in [0.717, 1.165) is 25.9 Å². The molecule has 0 spiro atoms. The van der Waals surface area contributed by atoms with Gasteiger partial charge in [-0.3, -0.25) is 9.59 Å². The summed E-state index contributed by atoms with van der Waals surface area (Å²) in [6, 6.07) is 0. The van der Waals surface area contributed by atoms with Gasteiger partial charge in [0.2, 0.25) is 5.91 Å². The molecule has 2 unspecified atom stereocenters. The molecule has 0 bridgehead atoms. The van der Waals surface area contributed by atoms with E-state index in [0.29, 0.717) is 25.9 Å². The van der Waals surface area contributed by atoms with Crippen LogP contribution in [-0.2, 0) is 9.59 Å². The average Bonchev–Trinajstić information content (AvgIpc) is 2.98. The number of likely N-dealkylation sites (tertiary alicyclic amines) is 1. The highest BCUT2D eigenvalue weighted by Crippen LogP contribution is 2.36. The molecule has 0 aliphatic carbocycles. The number of carbonyl (C=O) groups is 2.